The molecule has 1 aliphatic heterocycles. The zero-order valence-electron chi connectivity index (χ0n) is 26.2. The Hall–Kier alpha value is -4.56. The van der Waals surface area contributed by atoms with E-state index in [4.69, 9.17) is 11.5 Å². The van der Waals surface area contributed by atoms with E-state index in [0.29, 0.717) is 54.1 Å². The second-order valence-corrected chi connectivity index (χ2v) is 13.7. The molecule has 1 saturated heterocycles. The summed E-state index contributed by atoms with van der Waals surface area (Å²) in [5.41, 5.74) is 16.9. The van der Waals surface area contributed by atoms with E-state index in [2.05, 4.69) is 57.6 Å². The summed E-state index contributed by atoms with van der Waals surface area (Å²) in [6.45, 7) is 6.30. The van der Waals surface area contributed by atoms with Crippen LogP contribution in [0.2, 0.25) is 0 Å². The Morgan fingerprint density at radius 3 is 2.41 bits per heavy atom. The minimum Gasteiger partial charge on any atom is -0.399 e. The first kappa shape index (κ1) is 30.1. The van der Waals surface area contributed by atoms with Gasteiger partial charge in [-0.2, -0.15) is 10.5 Å². The van der Waals surface area contributed by atoms with Gasteiger partial charge in [-0.1, -0.05) is 49.8 Å². The molecule has 2 aromatic carbocycles. The third-order valence-electron chi connectivity index (χ3n) is 11.3. The highest BCUT2D eigenvalue weighted by Crippen LogP contribution is 2.53. The fourth-order valence-electron chi connectivity index (χ4n) is 8.87. The standard InChI is InChI=1S/C35H41N9O2/c1-19-27-15-26(17-36)44(32(19)27)31(45)18-39-30(21-5-3-4-6-21)16-35(34-40-42-43-41-34)28-11-9-22(20(2)37)13-23(28)7-8-24-14-25(33(38)46)10-12-29(24)35/h9-14,19,21,26-27,30,32,39H,2-8,15-16,18,37H2,1H3,(H2,38,46)(H,40,41,42,43)/t19-,26?,27+,30-,32-,35?/m0/s1. The fourth-order valence-corrected chi connectivity index (χ4v) is 8.87. The number of nitrogens with two attached hydrogens (primary N) is 2. The van der Waals surface area contributed by atoms with Crippen molar-refractivity contribution in [2.45, 2.75) is 81.8 Å². The molecule has 238 valence electrons. The van der Waals surface area contributed by atoms with Crippen LogP contribution in [0.3, 0.4) is 0 Å². The molecule has 3 aromatic rings. The average Bonchev–Trinajstić information content (AvgIpc) is 3.61. The van der Waals surface area contributed by atoms with E-state index in [1.54, 1.807) is 6.07 Å². The lowest BCUT2D eigenvalue weighted by atomic mass is 9.66. The minimum atomic E-state index is -0.860. The highest BCUT2D eigenvalue weighted by Gasteiger charge is 2.60. The summed E-state index contributed by atoms with van der Waals surface area (Å²) in [5, 5.41) is 29.5. The smallest absolute Gasteiger partial charge is 0.248 e. The van der Waals surface area contributed by atoms with Crippen molar-refractivity contribution >= 4 is 17.5 Å². The number of rotatable bonds is 9. The number of amides is 2. The Bertz CT molecular complexity index is 1660. The minimum absolute atomic E-state index is 0.0149. The normalized spacial score (nSPS) is 27.2. The number of aryl methyl sites for hydroxylation is 2. The number of piperidine rings is 1. The van der Waals surface area contributed by atoms with E-state index in [1.165, 1.54) is 0 Å². The van der Waals surface area contributed by atoms with Crippen LogP contribution in [0.15, 0.2) is 43.0 Å². The maximum Gasteiger partial charge on any atom is 0.248 e. The van der Waals surface area contributed by atoms with Gasteiger partial charge in [-0.25, -0.2) is 0 Å². The molecule has 1 aromatic heterocycles. The van der Waals surface area contributed by atoms with Crippen molar-refractivity contribution in [3.05, 3.63) is 82.2 Å². The number of H-pyrrole nitrogens is 1. The van der Waals surface area contributed by atoms with Gasteiger partial charge in [0.2, 0.25) is 11.8 Å². The summed E-state index contributed by atoms with van der Waals surface area (Å²) in [7, 11) is 0. The number of primary amides is 1. The molecule has 6 atom stereocenters. The first-order chi connectivity index (χ1) is 22.2. The van der Waals surface area contributed by atoms with Crippen LogP contribution in [0.4, 0.5) is 0 Å². The van der Waals surface area contributed by atoms with Crippen LogP contribution in [-0.4, -0.2) is 62.0 Å². The predicted octanol–water partition coefficient (Wildman–Crippen LogP) is 2.96. The van der Waals surface area contributed by atoms with Crippen molar-refractivity contribution in [2.75, 3.05) is 6.54 Å². The van der Waals surface area contributed by atoms with Crippen LogP contribution in [0.25, 0.3) is 5.70 Å². The molecule has 11 heteroatoms. The molecule has 0 bridgehead atoms. The number of tetrazole rings is 1. The number of aromatic nitrogens is 4. The van der Waals surface area contributed by atoms with Crippen molar-refractivity contribution in [3.8, 4) is 6.07 Å². The van der Waals surface area contributed by atoms with E-state index in [1.807, 2.05) is 23.1 Å². The number of fused-ring (bicyclic) bond motifs is 3. The molecular weight excluding hydrogens is 578 g/mol. The monoisotopic (exact) mass is 619 g/mol. The molecule has 2 heterocycles. The maximum atomic E-state index is 13.8. The quantitative estimate of drug-likeness (QED) is 0.282. The van der Waals surface area contributed by atoms with Crippen LogP contribution in [-0.2, 0) is 23.1 Å². The predicted molar refractivity (Wildman–Crippen MR) is 172 cm³/mol. The SMILES string of the molecule is C=C(N)c1ccc2c(c1)CCc1cc(C(N)=O)ccc1C2(C[C@H](NCC(=O)N1C(C#N)C[C@@H]2[C@H](C)[C@@H]21)C1CCCC1)c1nn[nH]n1. The molecule has 2 saturated carbocycles. The lowest BCUT2D eigenvalue weighted by molar-refractivity contribution is -0.131. The van der Waals surface area contributed by atoms with Gasteiger partial charge in [0.1, 0.15) is 6.04 Å². The van der Waals surface area contributed by atoms with Gasteiger partial charge in [-0.05, 0) is 102 Å². The molecule has 2 amide bonds. The van der Waals surface area contributed by atoms with Crippen LogP contribution in [0.5, 0.6) is 0 Å². The molecule has 46 heavy (non-hydrogen) atoms. The van der Waals surface area contributed by atoms with Gasteiger partial charge in [0.05, 0.1) is 18.0 Å². The summed E-state index contributed by atoms with van der Waals surface area (Å²) in [6, 6.07) is 14.0. The van der Waals surface area contributed by atoms with Crippen LogP contribution in [0.1, 0.15) is 89.4 Å². The number of carbonyl (C=O) groups excluding carboxylic acids is 2. The zero-order valence-corrected chi connectivity index (χ0v) is 26.2. The van der Waals surface area contributed by atoms with E-state index in [-0.39, 0.29) is 30.6 Å². The van der Waals surface area contributed by atoms with Crippen molar-refractivity contribution in [3.63, 3.8) is 0 Å². The molecule has 0 spiro atoms. The van der Waals surface area contributed by atoms with Crippen molar-refractivity contribution in [1.29, 1.82) is 5.26 Å². The molecular formula is C35H41N9O2. The Morgan fingerprint density at radius 1 is 1.13 bits per heavy atom. The number of aromatic amines is 1. The molecule has 6 N–H and O–H groups in total. The van der Waals surface area contributed by atoms with E-state index in [0.717, 1.165) is 59.9 Å². The summed E-state index contributed by atoms with van der Waals surface area (Å²) in [4.78, 5) is 27.9. The first-order valence-electron chi connectivity index (χ1n) is 16.4. The van der Waals surface area contributed by atoms with Crippen LogP contribution in [0, 0.1) is 29.1 Å². The Kier molecular flexibility index (Phi) is 7.64. The first-order valence-corrected chi connectivity index (χ1v) is 16.4. The summed E-state index contributed by atoms with van der Waals surface area (Å²) >= 11 is 0. The number of nitrogens with one attached hydrogen (secondary N) is 2. The van der Waals surface area contributed by atoms with E-state index >= 15 is 0 Å². The van der Waals surface area contributed by atoms with Gasteiger partial charge in [0, 0.05) is 23.3 Å². The summed E-state index contributed by atoms with van der Waals surface area (Å²) in [5.74, 6) is 1.23. The summed E-state index contributed by atoms with van der Waals surface area (Å²) in [6.07, 6.45) is 7.07. The van der Waals surface area contributed by atoms with Crippen molar-refractivity contribution in [2.24, 2.45) is 29.2 Å². The molecule has 7 rings (SSSR count). The van der Waals surface area contributed by atoms with E-state index < -0.39 is 11.3 Å². The maximum absolute atomic E-state index is 13.8. The van der Waals surface area contributed by atoms with Gasteiger partial charge in [0.15, 0.2) is 5.82 Å². The average molecular weight is 620 g/mol. The Balaban J connectivity index is 1.33. The molecule has 2 unspecified atom stereocenters. The lowest BCUT2D eigenvalue weighted by Gasteiger charge is -2.39. The zero-order chi connectivity index (χ0) is 32.2. The number of nitriles is 1. The second kappa shape index (κ2) is 11.7. The summed E-state index contributed by atoms with van der Waals surface area (Å²) < 4.78 is 0. The number of hydrogen-bond donors (Lipinski definition) is 4. The molecule has 0 radical (unpaired) electrons. The van der Waals surface area contributed by atoms with Gasteiger partial charge in [-0.3, -0.25) is 9.59 Å². The fraction of sp³-hybridized carbons (Fsp3) is 0.486. The number of nitrogens with zero attached hydrogens (tertiary/aromatic N) is 5. The number of benzene rings is 2. The highest BCUT2D eigenvalue weighted by molar-refractivity contribution is 5.93. The Labute approximate surface area is 268 Å². The third kappa shape index (κ3) is 4.96. The number of hydrogen-bond acceptors (Lipinski definition) is 8. The van der Waals surface area contributed by atoms with Crippen molar-refractivity contribution < 1.29 is 9.59 Å². The Morgan fingerprint density at radius 2 is 1.80 bits per heavy atom. The third-order valence-corrected chi connectivity index (χ3v) is 11.3. The van der Waals surface area contributed by atoms with Crippen molar-refractivity contribution in [1.82, 2.24) is 30.8 Å². The number of likely N-dealkylation sites (tertiary alicyclic amines) is 1. The topological polar surface area (TPSA) is 180 Å². The highest BCUT2D eigenvalue weighted by atomic mass is 16.2. The lowest BCUT2D eigenvalue weighted by Crippen LogP contribution is -2.49. The van der Waals surface area contributed by atoms with Gasteiger partial charge in [-0.15, -0.1) is 10.2 Å². The van der Waals surface area contributed by atoms with Crippen LogP contribution >= 0.6 is 0 Å². The largest absolute Gasteiger partial charge is 0.399 e. The van der Waals surface area contributed by atoms with Gasteiger partial charge < -0.3 is 21.7 Å². The van der Waals surface area contributed by atoms with Gasteiger partial charge in [0.25, 0.3) is 0 Å². The molecule has 11 nitrogen and oxygen atoms in total. The van der Waals surface area contributed by atoms with Gasteiger partial charge >= 0.3 is 0 Å². The number of carbonyl (C=O) groups is 2. The van der Waals surface area contributed by atoms with Crippen LogP contribution < -0.4 is 16.8 Å². The van der Waals surface area contributed by atoms with E-state index in [9.17, 15) is 14.9 Å². The molecule has 3 aliphatic carbocycles. The molecule has 4 aliphatic rings. The molecule has 3 fully saturated rings. The second-order valence-electron chi connectivity index (χ2n) is 13.7.